The largest absolute Gasteiger partial charge is 0.345 e. The molecule has 0 bridgehead atoms. The number of rotatable bonds is 2. The summed E-state index contributed by atoms with van der Waals surface area (Å²) in [6, 6.07) is 7.02. The lowest BCUT2D eigenvalue weighted by Gasteiger charge is -2.13. The van der Waals surface area contributed by atoms with Crippen LogP contribution in [0.4, 0.5) is 0 Å². The fraction of sp³-hybridized carbons (Fsp3) is 0.312. The molecule has 2 aromatic rings. The summed E-state index contributed by atoms with van der Waals surface area (Å²) in [5.41, 5.74) is 2.91. The second-order valence-corrected chi connectivity index (χ2v) is 9.50. The van der Waals surface area contributed by atoms with Gasteiger partial charge < -0.3 is 5.32 Å². The van der Waals surface area contributed by atoms with Crippen molar-refractivity contribution in [3.05, 3.63) is 50.9 Å². The molecule has 2 N–H and O–H groups in total. The molecule has 0 spiro atoms. The van der Waals surface area contributed by atoms with Gasteiger partial charge in [0.15, 0.2) is 0 Å². The van der Waals surface area contributed by atoms with Crippen LogP contribution in [0.2, 0.25) is 5.02 Å². The molecule has 2 aliphatic rings. The van der Waals surface area contributed by atoms with E-state index in [9.17, 15) is 13.2 Å². The van der Waals surface area contributed by atoms with E-state index in [2.05, 4.69) is 10.0 Å². The van der Waals surface area contributed by atoms with Crippen LogP contribution < -0.4 is 10.0 Å². The normalized spacial score (nSPS) is 23.8. The van der Waals surface area contributed by atoms with Crippen LogP contribution in [0.1, 0.15) is 51.8 Å². The molecule has 1 amide bonds. The molecule has 126 valence electrons. The van der Waals surface area contributed by atoms with Gasteiger partial charge in [-0.1, -0.05) is 17.7 Å². The quantitative estimate of drug-likeness (QED) is 0.837. The maximum Gasteiger partial charge on any atom is 0.261 e. The Morgan fingerprint density at radius 1 is 1.33 bits per heavy atom. The summed E-state index contributed by atoms with van der Waals surface area (Å²) in [4.78, 5) is 13.0. The summed E-state index contributed by atoms with van der Waals surface area (Å²) in [7, 11) is -3.47. The first-order valence-corrected chi connectivity index (χ1v) is 10.3. The monoisotopic (exact) mass is 382 g/mol. The van der Waals surface area contributed by atoms with Crippen LogP contribution in [0.15, 0.2) is 28.5 Å². The highest BCUT2D eigenvalue weighted by atomic mass is 35.5. The molecular weight excluding hydrogens is 368 g/mol. The van der Waals surface area contributed by atoms with Crippen LogP contribution >= 0.6 is 22.9 Å². The zero-order valence-corrected chi connectivity index (χ0v) is 15.2. The Morgan fingerprint density at radius 2 is 2.12 bits per heavy atom. The summed E-state index contributed by atoms with van der Waals surface area (Å²) in [6.45, 7) is 1.77. The van der Waals surface area contributed by atoms with Gasteiger partial charge in [0, 0.05) is 16.6 Å². The van der Waals surface area contributed by atoms with Crippen molar-refractivity contribution >= 4 is 38.9 Å². The fourth-order valence-corrected chi connectivity index (χ4v) is 6.51. The molecule has 2 heterocycles. The molecule has 0 saturated heterocycles. The highest BCUT2D eigenvalue weighted by Gasteiger charge is 2.35. The van der Waals surface area contributed by atoms with E-state index >= 15 is 0 Å². The number of sulfonamides is 1. The van der Waals surface area contributed by atoms with E-state index in [4.69, 9.17) is 11.6 Å². The molecular formula is C16H15ClN2O3S2. The van der Waals surface area contributed by atoms with Crippen molar-refractivity contribution < 1.29 is 13.2 Å². The molecule has 0 fully saturated rings. The zero-order valence-electron chi connectivity index (χ0n) is 12.8. The number of hydrogen-bond donors (Lipinski definition) is 2. The number of carbonyl (C=O) groups is 1. The second-order valence-electron chi connectivity index (χ2n) is 6.10. The van der Waals surface area contributed by atoms with Gasteiger partial charge in [-0.3, -0.25) is 4.79 Å². The fourth-order valence-electron chi connectivity index (χ4n) is 3.33. The number of fused-ring (bicyclic) bond motifs is 2. The zero-order chi connectivity index (χ0) is 17.1. The van der Waals surface area contributed by atoms with E-state index in [1.165, 1.54) is 0 Å². The lowest BCUT2D eigenvalue weighted by atomic mass is 10.1. The topological polar surface area (TPSA) is 75.3 Å². The maximum atomic E-state index is 12.6. The van der Waals surface area contributed by atoms with Crippen LogP contribution in [-0.4, -0.2) is 14.3 Å². The number of thiophene rings is 1. The number of carbonyl (C=O) groups excluding carboxylic acids is 1. The molecule has 8 heteroatoms. The van der Waals surface area contributed by atoms with Crippen molar-refractivity contribution in [3.8, 4) is 0 Å². The van der Waals surface area contributed by atoms with E-state index in [0.717, 1.165) is 35.3 Å². The highest BCUT2D eigenvalue weighted by Crippen LogP contribution is 2.38. The van der Waals surface area contributed by atoms with Crippen LogP contribution in [-0.2, 0) is 16.4 Å². The number of benzene rings is 1. The Labute approximate surface area is 149 Å². The van der Waals surface area contributed by atoms with Crippen molar-refractivity contribution in [2.45, 2.75) is 36.1 Å². The maximum absolute atomic E-state index is 12.6. The molecule has 4 rings (SSSR count). The first kappa shape index (κ1) is 16.1. The van der Waals surface area contributed by atoms with E-state index in [1.54, 1.807) is 13.0 Å². The van der Waals surface area contributed by atoms with Crippen molar-refractivity contribution in [2.24, 2.45) is 0 Å². The Bertz CT molecular complexity index is 952. The van der Waals surface area contributed by atoms with Gasteiger partial charge in [-0.05, 0) is 49.1 Å². The van der Waals surface area contributed by atoms with Crippen LogP contribution in [0, 0.1) is 0 Å². The first-order chi connectivity index (χ1) is 11.3. The van der Waals surface area contributed by atoms with Crippen LogP contribution in [0.5, 0.6) is 0 Å². The molecule has 1 unspecified atom stereocenters. The summed E-state index contributed by atoms with van der Waals surface area (Å²) in [5.74, 6) is -0.232. The molecule has 1 aliphatic heterocycles. The third kappa shape index (κ3) is 2.56. The molecule has 5 nitrogen and oxygen atoms in total. The van der Waals surface area contributed by atoms with E-state index < -0.39 is 10.0 Å². The Kier molecular flexibility index (Phi) is 3.72. The van der Waals surface area contributed by atoms with E-state index in [1.807, 2.05) is 18.2 Å². The summed E-state index contributed by atoms with van der Waals surface area (Å²) >= 11 is 7.03. The van der Waals surface area contributed by atoms with E-state index in [-0.39, 0.29) is 22.2 Å². The number of amides is 1. The standard InChI is InChI=1S/C16H15ClN2O3S2/c1-8-12-7-14(23-16(12)24(21,22)19-8)15(20)18-13-5-2-9-6-10(17)3-4-11(9)13/h3-4,6-8,13,19H,2,5H2,1H3,(H,18,20)/t8-,13?/m0/s1. The molecule has 0 saturated carbocycles. The number of halogens is 1. The lowest BCUT2D eigenvalue weighted by molar-refractivity contribution is 0.0941. The predicted molar refractivity (Wildman–Crippen MR) is 93.0 cm³/mol. The van der Waals surface area contributed by atoms with Crippen molar-refractivity contribution in [1.29, 1.82) is 0 Å². The van der Waals surface area contributed by atoms with Gasteiger partial charge in [0.2, 0.25) is 0 Å². The lowest BCUT2D eigenvalue weighted by Crippen LogP contribution is -2.26. The first-order valence-electron chi connectivity index (χ1n) is 7.60. The van der Waals surface area contributed by atoms with E-state index in [0.29, 0.717) is 15.5 Å². The smallest absolute Gasteiger partial charge is 0.261 e. The summed E-state index contributed by atoms with van der Waals surface area (Å²) in [5, 5.41) is 3.71. The Hall–Kier alpha value is -1.41. The summed E-state index contributed by atoms with van der Waals surface area (Å²) in [6.07, 6.45) is 1.69. The minimum Gasteiger partial charge on any atom is -0.345 e. The molecule has 24 heavy (non-hydrogen) atoms. The Balaban J connectivity index is 1.58. The van der Waals surface area contributed by atoms with Crippen LogP contribution in [0.25, 0.3) is 0 Å². The van der Waals surface area contributed by atoms with Crippen LogP contribution in [0.3, 0.4) is 0 Å². The van der Waals surface area contributed by atoms with Gasteiger partial charge in [0.25, 0.3) is 15.9 Å². The predicted octanol–water partition coefficient (Wildman–Crippen LogP) is 3.17. The van der Waals surface area contributed by atoms with Gasteiger partial charge in [0.05, 0.1) is 10.9 Å². The van der Waals surface area contributed by atoms with Gasteiger partial charge in [0.1, 0.15) is 4.21 Å². The summed E-state index contributed by atoms with van der Waals surface area (Å²) < 4.78 is 26.8. The van der Waals surface area contributed by atoms with Gasteiger partial charge in [-0.2, -0.15) is 0 Å². The minimum atomic E-state index is -3.47. The number of nitrogens with one attached hydrogen (secondary N) is 2. The number of hydrogen-bond acceptors (Lipinski definition) is 4. The molecule has 0 radical (unpaired) electrons. The van der Waals surface area contributed by atoms with Gasteiger partial charge in [-0.25, -0.2) is 13.1 Å². The Morgan fingerprint density at radius 3 is 2.88 bits per heavy atom. The average molecular weight is 383 g/mol. The molecule has 2 atom stereocenters. The van der Waals surface area contributed by atoms with Gasteiger partial charge >= 0.3 is 0 Å². The highest BCUT2D eigenvalue weighted by molar-refractivity contribution is 7.92. The third-order valence-corrected chi connectivity index (χ3v) is 7.95. The third-order valence-electron chi connectivity index (χ3n) is 4.48. The van der Waals surface area contributed by atoms with Crippen molar-refractivity contribution in [2.75, 3.05) is 0 Å². The number of aryl methyl sites for hydroxylation is 1. The molecule has 1 aromatic carbocycles. The average Bonchev–Trinajstić information content (AvgIpc) is 3.16. The van der Waals surface area contributed by atoms with Crippen molar-refractivity contribution in [3.63, 3.8) is 0 Å². The second kappa shape index (κ2) is 5.56. The van der Waals surface area contributed by atoms with Crippen molar-refractivity contribution in [1.82, 2.24) is 10.0 Å². The minimum absolute atomic E-state index is 0.0612. The SMILES string of the molecule is C[C@@H]1NS(=O)(=O)c2sc(C(=O)NC3CCc4cc(Cl)ccc43)cc21. The molecule has 1 aromatic heterocycles. The molecule has 1 aliphatic carbocycles. The van der Waals surface area contributed by atoms with Gasteiger partial charge in [-0.15, -0.1) is 11.3 Å².